The minimum atomic E-state index is -0.861. The van der Waals surface area contributed by atoms with Crippen LogP contribution in [-0.2, 0) is 6.42 Å². The number of nitrogens with zero attached hydrogens (tertiary/aromatic N) is 1. The topological polar surface area (TPSA) is 23.5 Å². The number of rotatable bonds is 4. The lowest BCUT2D eigenvalue weighted by atomic mass is 9.70. The first-order valence-electron chi connectivity index (χ1n) is 9.05. The predicted octanol–water partition coefficient (Wildman–Crippen LogP) is 4.05. The molecule has 3 rings (SSSR count). The fourth-order valence-electron chi connectivity index (χ4n) is 4.64. The van der Waals surface area contributed by atoms with Crippen molar-refractivity contribution in [1.29, 1.82) is 0 Å². The largest absolute Gasteiger partial charge is 0.389 e. The first-order chi connectivity index (χ1) is 10.9. The molecule has 1 aromatic carbocycles. The van der Waals surface area contributed by atoms with Crippen LogP contribution < -0.4 is 0 Å². The van der Waals surface area contributed by atoms with Gasteiger partial charge in [0, 0.05) is 31.5 Å². The van der Waals surface area contributed by atoms with E-state index in [-0.39, 0.29) is 18.4 Å². The molecule has 1 N–H and O–H groups in total. The Morgan fingerprint density at radius 3 is 2.87 bits per heavy atom. The van der Waals surface area contributed by atoms with Crippen LogP contribution in [-0.4, -0.2) is 35.4 Å². The molecule has 2 heterocycles. The number of fused-ring (bicyclic) bond motifs is 3. The molecule has 2 aliphatic heterocycles. The summed E-state index contributed by atoms with van der Waals surface area (Å²) in [6.45, 7) is 8.03. The number of alkyl halides is 1. The van der Waals surface area contributed by atoms with Crippen LogP contribution in [0.2, 0.25) is 0 Å². The van der Waals surface area contributed by atoms with Crippen LogP contribution in [0.15, 0.2) is 18.2 Å². The Morgan fingerprint density at radius 2 is 2.17 bits per heavy atom. The van der Waals surface area contributed by atoms with Gasteiger partial charge in [-0.05, 0) is 43.2 Å². The molecule has 1 fully saturated rings. The molecule has 1 saturated heterocycles. The normalized spacial score (nSPS) is 31.0. The molecule has 2 aliphatic rings. The summed E-state index contributed by atoms with van der Waals surface area (Å²) in [6, 6.07) is 6.91. The van der Waals surface area contributed by atoms with Crippen molar-refractivity contribution in [2.75, 3.05) is 19.8 Å². The number of hydrogen-bond acceptors (Lipinski definition) is 2. The Labute approximate surface area is 139 Å². The average molecular weight is 319 g/mol. The number of hydrogen-bond donors (Lipinski definition) is 1. The molecule has 3 heteroatoms. The lowest BCUT2D eigenvalue weighted by molar-refractivity contribution is -0.110. The van der Waals surface area contributed by atoms with E-state index in [4.69, 9.17) is 0 Å². The van der Waals surface area contributed by atoms with Crippen LogP contribution in [0.4, 0.5) is 4.39 Å². The molecule has 128 valence electrons. The Balaban J connectivity index is 1.90. The van der Waals surface area contributed by atoms with Crippen molar-refractivity contribution < 1.29 is 9.50 Å². The van der Waals surface area contributed by atoms with Gasteiger partial charge in [-0.25, -0.2) is 0 Å². The van der Waals surface area contributed by atoms with Crippen LogP contribution in [0.3, 0.4) is 0 Å². The zero-order chi connectivity index (χ0) is 16.6. The summed E-state index contributed by atoms with van der Waals surface area (Å²) < 4.78 is 13.1. The maximum atomic E-state index is 13.1. The molecule has 0 aliphatic carbocycles. The van der Waals surface area contributed by atoms with E-state index < -0.39 is 12.3 Å². The van der Waals surface area contributed by atoms with E-state index >= 15 is 0 Å². The fourth-order valence-corrected chi connectivity index (χ4v) is 4.64. The van der Waals surface area contributed by atoms with Crippen LogP contribution in [0.1, 0.15) is 55.8 Å². The lowest BCUT2D eigenvalue weighted by Gasteiger charge is -2.51. The highest BCUT2D eigenvalue weighted by molar-refractivity contribution is 5.36. The molecule has 1 aromatic rings. The van der Waals surface area contributed by atoms with Crippen molar-refractivity contribution in [3.63, 3.8) is 0 Å². The van der Waals surface area contributed by atoms with Gasteiger partial charge in [0.1, 0.15) is 0 Å². The van der Waals surface area contributed by atoms with Crippen LogP contribution >= 0.6 is 0 Å². The average Bonchev–Trinajstić information content (AvgIpc) is 2.47. The van der Waals surface area contributed by atoms with Gasteiger partial charge in [0.15, 0.2) is 0 Å². The third-order valence-corrected chi connectivity index (χ3v) is 5.81. The summed E-state index contributed by atoms with van der Waals surface area (Å²) in [5.41, 5.74) is 3.20. The molecule has 0 bridgehead atoms. The SMILES string of the molecule is Cc1ccc2c(c1)CCN1C[C@H](CC(C)C)[C@](O)(CC[19F])C[C@@H]21. The van der Waals surface area contributed by atoms with Crippen molar-refractivity contribution in [2.45, 2.75) is 58.1 Å². The summed E-state index contributed by atoms with van der Waals surface area (Å²) in [4.78, 5) is 2.53. The highest BCUT2D eigenvalue weighted by atomic mass is 19.1. The highest BCUT2D eigenvalue weighted by Gasteiger charge is 2.47. The second kappa shape index (κ2) is 6.52. The van der Waals surface area contributed by atoms with Gasteiger partial charge in [0.2, 0.25) is 0 Å². The molecule has 0 unspecified atom stereocenters. The third-order valence-electron chi connectivity index (χ3n) is 5.81. The standard InChI is InChI=1S/C20H30FNO/c1-14(2)10-17-13-22-9-6-16-11-15(3)4-5-18(16)19(22)12-20(17,23)7-8-21/h4-5,11,14,17,19,23H,6-10,12-13H2,1-3H3/t17-,19-,20-/m0/s1/i21+0. The van der Waals surface area contributed by atoms with E-state index in [1.165, 1.54) is 16.7 Å². The minimum Gasteiger partial charge on any atom is -0.389 e. The second-order valence-corrected chi connectivity index (χ2v) is 8.04. The van der Waals surface area contributed by atoms with Gasteiger partial charge in [0.05, 0.1) is 12.3 Å². The van der Waals surface area contributed by atoms with Crippen molar-refractivity contribution >= 4 is 0 Å². The zero-order valence-electron chi connectivity index (χ0n) is 14.7. The van der Waals surface area contributed by atoms with Gasteiger partial charge in [-0.15, -0.1) is 0 Å². The summed E-state index contributed by atoms with van der Waals surface area (Å²) in [6.07, 6.45) is 3.00. The van der Waals surface area contributed by atoms with Gasteiger partial charge < -0.3 is 5.11 Å². The van der Waals surface area contributed by atoms with E-state index in [1.54, 1.807) is 0 Å². The van der Waals surface area contributed by atoms with Crippen molar-refractivity contribution in [3.05, 3.63) is 34.9 Å². The van der Waals surface area contributed by atoms with E-state index in [1.807, 2.05) is 0 Å². The molecule has 0 saturated carbocycles. The summed E-state index contributed by atoms with van der Waals surface area (Å²) >= 11 is 0. The lowest BCUT2D eigenvalue weighted by Crippen LogP contribution is -2.55. The van der Waals surface area contributed by atoms with Gasteiger partial charge in [-0.3, -0.25) is 9.29 Å². The third kappa shape index (κ3) is 3.32. The first-order valence-corrected chi connectivity index (χ1v) is 9.05. The number of piperidine rings is 1. The quantitative estimate of drug-likeness (QED) is 0.905. The Hall–Kier alpha value is -0.930. The van der Waals surface area contributed by atoms with Gasteiger partial charge in [-0.1, -0.05) is 37.6 Å². The molecular weight excluding hydrogens is 289 g/mol. The number of benzene rings is 1. The smallest absolute Gasteiger partial charge is 0.0922 e. The number of aliphatic hydroxyl groups is 1. The predicted molar refractivity (Wildman–Crippen MR) is 92.3 cm³/mol. The molecule has 23 heavy (non-hydrogen) atoms. The number of aryl methyl sites for hydroxylation is 1. The molecule has 0 amide bonds. The maximum absolute atomic E-state index is 13.1. The van der Waals surface area contributed by atoms with Crippen molar-refractivity contribution in [1.82, 2.24) is 4.90 Å². The summed E-state index contributed by atoms with van der Waals surface area (Å²) in [5.74, 6) is 0.712. The first kappa shape index (κ1) is 16.9. The maximum Gasteiger partial charge on any atom is 0.0922 e. The van der Waals surface area contributed by atoms with Crippen LogP contribution in [0, 0.1) is 18.8 Å². The molecule has 0 spiro atoms. The van der Waals surface area contributed by atoms with E-state index in [9.17, 15) is 9.50 Å². The van der Waals surface area contributed by atoms with E-state index in [0.717, 1.165) is 25.9 Å². The highest BCUT2D eigenvalue weighted by Crippen LogP contribution is 2.46. The monoisotopic (exact) mass is 319 g/mol. The molecule has 0 radical (unpaired) electrons. The van der Waals surface area contributed by atoms with E-state index in [0.29, 0.717) is 12.3 Å². The molecule has 0 aromatic heterocycles. The van der Waals surface area contributed by atoms with E-state index in [2.05, 4.69) is 43.9 Å². The summed E-state index contributed by atoms with van der Waals surface area (Å²) in [7, 11) is 0. The Kier molecular flexibility index (Phi) is 4.80. The van der Waals surface area contributed by atoms with Gasteiger partial charge >= 0.3 is 0 Å². The van der Waals surface area contributed by atoms with Gasteiger partial charge in [0.25, 0.3) is 0 Å². The number of halogens is 1. The molecule has 3 atom stereocenters. The second-order valence-electron chi connectivity index (χ2n) is 8.04. The zero-order valence-corrected chi connectivity index (χ0v) is 14.7. The van der Waals surface area contributed by atoms with Crippen LogP contribution in [0.5, 0.6) is 0 Å². The Morgan fingerprint density at radius 1 is 1.39 bits per heavy atom. The summed E-state index contributed by atoms with van der Waals surface area (Å²) in [5, 5.41) is 11.2. The fraction of sp³-hybridized carbons (Fsp3) is 0.700. The van der Waals surface area contributed by atoms with Crippen molar-refractivity contribution in [2.24, 2.45) is 11.8 Å². The minimum absolute atomic E-state index is 0.182. The molecule has 2 nitrogen and oxygen atoms in total. The van der Waals surface area contributed by atoms with Crippen molar-refractivity contribution in [3.8, 4) is 0 Å². The molecular formula is C20H30FNO. The Bertz CT molecular complexity index is 559. The van der Waals surface area contributed by atoms with Crippen LogP contribution in [0.25, 0.3) is 0 Å². The van der Waals surface area contributed by atoms with Gasteiger partial charge in [-0.2, -0.15) is 0 Å².